The number of rotatable bonds is 4. The molecule has 2 atom stereocenters. The lowest BCUT2D eigenvalue weighted by Crippen LogP contribution is -2.28. The van der Waals surface area contributed by atoms with E-state index in [0.717, 1.165) is 29.9 Å². The molecule has 2 aliphatic carbocycles. The fourth-order valence-electron chi connectivity index (χ4n) is 3.97. The zero-order chi connectivity index (χ0) is 16.3. The van der Waals surface area contributed by atoms with Crippen molar-refractivity contribution in [3.8, 4) is 0 Å². The molecule has 6 nitrogen and oxygen atoms in total. The highest BCUT2D eigenvalue weighted by Crippen LogP contribution is 2.47. The quantitative estimate of drug-likeness (QED) is 0.937. The highest BCUT2D eigenvalue weighted by molar-refractivity contribution is 5.91. The summed E-state index contributed by atoms with van der Waals surface area (Å²) in [5, 5.41) is 7.57. The summed E-state index contributed by atoms with van der Waals surface area (Å²) in [5.74, 6) is 5.20. The predicted molar refractivity (Wildman–Crippen MR) is 86.7 cm³/mol. The average molecular weight is 326 g/mol. The first-order valence-corrected chi connectivity index (χ1v) is 8.97. The van der Waals surface area contributed by atoms with Crippen molar-refractivity contribution in [2.75, 3.05) is 13.1 Å². The molecule has 3 aliphatic rings. The number of furan rings is 1. The van der Waals surface area contributed by atoms with E-state index in [-0.39, 0.29) is 11.8 Å². The van der Waals surface area contributed by atoms with Gasteiger partial charge in [-0.3, -0.25) is 9.89 Å². The van der Waals surface area contributed by atoms with E-state index in [1.54, 1.807) is 6.07 Å². The standard InChI is InChI=1S/C18H22N4O2/c1-10-2-7-15(24-10)18(23)22-8-13(11-3-4-11)14(9-22)17-19-16(20-21-17)12-5-6-12/h2,7,11-14H,3-6,8-9H2,1H3,(H,19,20,21)/t13-,14+/m1/s1. The van der Waals surface area contributed by atoms with Crippen LogP contribution in [0.2, 0.25) is 0 Å². The molecule has 3 fully saturated rings. The number of aromatic nitrogens is 3. The highest BCUT2D eigenvalue weighted by Gasteiger charge is 2.46. The van der Waals surface area contributed by atoms with Crippen LogP contribution >= 0.6 is 0 Å². The van der Waals surface area contributed by atoms with Crippen molar-refractivity contribution >= 4 is 5.91 Å². The molecule has 0 unspecified atom stereocenters. The third-order valence-electron chi connectivity index (χ3n) is 5.64. The minimum atomic E-state index is -0.00168. The Kier molecular flexibility index (Phi) is 3.08. The van der Waals surface area contributed by atoms with Gasteiger partial charge in [0.1, 0.15) is 11.6 Å². The van der Waals surface area contributed by atoms with Gasteiger partial charge in [-0.15, -0.1) is 0 Å². The smallest absolute Gasteiger partial charge is 0.289 e. The third kappa shape index (κ3) is 2.44. The Hall–Kier alpha value is -2.11. The van der Waals surface area contributed by atoms with Crippen LogP contribution in [0, 0.1) is 18.8 Å². The lowest BCUT2D eigenvalue weighted by molar-refractivity contribution is 0.0751. The summed E-state index contributed by atoms with van der Waals surface area (Å²) in [6.45, 7) is 3.37. The number of carbonyl (C=O) groups excluding carboxylic acids is 1. The zero-order valence-electron chi connectivity index (χ0n) is 13.9. The summed E-state index contributed by atoms with van der Waals surface area (Å²) in [6.07, 6.45) is 4.95. The maximum Gasteiger partial charge on any atom is 0.289 e. The van der Waals surface area contributed by atoms with E-state index in [1.165, 1.54) is 25.7 Å². The fraction of sp³-hybridized carbons (Fsp3) is 0.611. The Morgan fingerprint density at radius 2 is 2.08 bits per heavy atom. The fourth-order valence-corrected chi connectivity index (χ4v) is 3.97. The Balaban J connectivity index is 1.38. The van der Waals surface area contributed by atoms with E-state index in [1.807, 2.05) is 17.9 Å². The minimum Gasteiger partial charge on any atom is -0.456 e. The van der Waals surface area contributed by atoms with Crippen LogP contribution in [0.3, 0.4) is 0 Å². The minimum absolute atomic E-state index is 0.00168. The van der Waals surface area contributed by atoms with E-state index < -0.39 is 0 Å². The van der Waals surface area contributed by atoms with Crippen LogP contribution in [-0.2, 0) is 0 Å². The molecule has 0 spiro atoms. The number of likely N-dealkylation sites (tertiary alicyclic amines) is 1. The van der Waals surface area contributed by atoms with Gasteiger partial charge in [-0.25, -0.2) is 4.98 Å². The molecular formula is C18H22N4O2. The SMILES string of the molecule is Cc1ccc(C(=O)N2C[C@H](c3nc(C4CC4)n[nH]3)[C@@H](C3CC3)C2)o1. The van der Waals surface area contributed by atoms with E-state index in [2.05, 4.69) is 10.2 Å². The van der Waals surface area contributed by atoms with Crippen LogP contribution in [-0.4, -0.2) is 39.1 Å². The van der Waals surface area contributed by atoms with Gasteiger partial charge in [0.15, 0.2) is 11.6 Å². The maximum atomic E-state index is 12.7. The van der Waals surface area contributed by atoms with Crippen LogP contribution in [0.5, 0.6) is 0 Å². The average Bonchev–Trinajstić information content (AvgIpc) is 3.47. The molecule has 2 aromatic heterocycles. The summed E-state index contributed by atoms with van der Waals surface area (Å²) in [7, 11) is 0. The van der Waals surface area contributed by atoms with Gasteiger partial charge in [-0.1, -0.05) is 0 Å². The molecule has 6 heteroatoms. The molecule has 0 radical (unpaired) electrons. The van der Waals surface area contributed by atoms with Crippen molar-refractivity contribution in [1.82, 2.24) is 20.1 Å². The molecular weight excluding hydrogens is 304 g/mol. The predicted octanol–water partition coefficient (Wildman–Crippen LogP) is 2.85. The number of hydrogen-bond acceptors (Lipinski definition) is 4. The van der Waals surface area contributed by atoms with Crippen molar-refractivity contribution in [1.29, 1.82) is 0 Å². The van der Waals surface area contributed by atoms with Crippen molar-refractivity contribution < 1.29 is 9.21 Å². The molecule has 1 aliphatic heterocycles. The van der Waals surface area contributed by atoms with Crippen LogP contribution in [0.15, 0.2) is 16.5 Å². The summed E-state index contributed by atoms with van der Waals surface area (Å²) in [4.78, 5) is 19.4. The number of aryl methyl sites for hydroxylation is 1. The van der Waals surface area contributed by atoms with Gasteiger partial charge < -0.3 is 9.32 Å². The molecule has 0 bridgehead atoms. The van der Waals surface area contributed by atoms with Crippen molar-refractivity contribution in [2.45, 2.75) is 44.4 Å². The lowest BCUT2D eigenvalue weighted by atomic mass is 9.91. The van der Waals surface area contributed by atoms with Gasteiger partial charge in [0.05, 0.1) is 0 Å². The van der Waals surface area contributed by atoms with Gasteiger partial charge in [0.2, 0.25) is 0 Å². The largest absolute Gasteiger partial charge is 0.456 e. The van der Waals surface area contributed by atoms with Crippen LogP contribution in [0.1, 0.15) is 65.5 Å². The second-order valence-electron chi connectivity index (χ2n) is 7.58. The third-order valence-corrected chi connectivity index (χ3v) is 5.64. The molecule has 1 N–H and O–H groups in total. The molecule has 0 aromatic carbocycles. The normalized spacial score (nSPS) is 27.0. The van der Waals surface area contributed by atoms with Crippen molar-refractivity contribution in [2.24, 2.45) is 11.8 Å². The number of hydrogen-bond donors (Lipinski definition) is 1. The van der Waals surface area contributed by atoms with Crippen LogP contribution in [0.4, 0.5) is 0 Å². The van der Waals surface area contributed by atoms with E-state index in [9.17, 15) is 4.79 Å². The molecule has 5 rings (SSSR count). The lowest BCUT2D eigenvalue weighted by Gasteiger charge is -2.14. The first-order chi connectivity index (χ1) is 11.7. The molecule has 1 amide bonds. The molecule has 3 heterocycles. The number of nitrogens with zero attached hydrogens (tertiary/aromatic N) is 3. The Labute approximate surface area is 140 Å². The molecule has 2 saturated carbocycles. The van der Waals surface area contributed by atoms with E-state index >= 15 is 0 Å². The van der Waals surface area contributed by atoms with Gasteiger partial charge in [0, 0.05) is 24.9 Å². The highest BCUT2D eigenvalue weighted by atomic mass is 16.3. The van der Waals surface area contributed by atoms with Gasteiger partial charge in [-0.05, 0) is 56.6 Å². The van der Waals surface area contributed by atoms with Crippen molar-refractivity contribution in [3.05, 3.63) is 35.3 Å². The topological polar surface area (TPSA) is 75.0 Å². The first-order valence-electron chi connectivity index (χ1n) is 8.97. The Morgan fingerprint density at radius 3 is 2.75 bits per heavy atom. The van der Waals surface area contributed by atoms with Gasteiger partial charge >= 0.3 is 0 Å². The van der Waals surface area contributed by atoms with Crippen LogP contribution < -0.4 is 0 Å². The summed E-state index contributed by atoms with van der Waals surface area (Å²) in [6, 6.07) is 3.62. The summed E-state index contributed by atoms with van der Waals surface area (Å²) in [5.41, 5.74) is 0. The van der Waals surface area contributed by atoms with Gasteiger partial charge in [-0.2, -0.15) is 5.10 Å². The molecule has 24 heavy (non-hydrogen) atoms. The first kappa shape index (κ1) is 14.3. The van der Waals surface area contributed by atoms with Crippen LogP contribution in [0.25, 0.3) is 0 Å². The second-order valence-corrected chi connectivity index (χ2v) is 7.58. The summed E-state index contributed by atoms with van der Waals surface area (Å²) < 4.78 is 5.53. The summed E-state index contributed by atoms with van der Waals surface area (Å²) >= 11 is 0. The Morgan fingerprint density at radius 1 is 1.25 bits per heavy atom. The van der Waals surface area contributed by atoms with E-state index in [0.29, 0.717) is 24.1 Å². The van der Waals surface area contributed by atoms with Crippen molar-refractivity contribution in [3.63, 3.8) is 0 Å². The Bertz CT molecular complexity index is 772. The second kappa shape index (κ2) is 5.19. The number of nitrogens with one attached hydrogen (secondary N) is 1. The number of aromatic amines is 1. The monoisotopic (exact) mass is 326 g/mol. The zero-order valence-corrected chi connectivity index (χ0v) is 13.9. The number of H-pyrrole nitrogens is 1. The molecule has 1 saturated heterocycles. The maximum absolute atomic E-state index is 12.7. The number of amides is 1. The van der Waals surface area contributed by atoms with Gasteiger partial charge in [0.25, 0.3) is 5.91 Å². The molecule has 2 aromatic rings. The number of carbonyl (C=O) groups is 1. The molecule has 126 valence electrons. The van der Waals surface area contributed by atoms with E-state index in [4.69, 9.17) is 9.40 Å².